The average molecular weight is 586 g/mol. The Kier molecular flexibility index (Phi) is 5.93. The molecule has 1 atom stereocenters. The van der Waals surface area contributed by atoms with Crippen LogP contribution in [0.2, 0.25) is 0 Å². The van der Waals surface area contributed by atoms with E-state index in [0.29, 0.717) is 43.8 Å². The number of benzene rings is 1. The molecule has 1 saturated heterocycles. The van der Waals surface area contributed by atoms with Crippen LogP contribution in [-0.2, 0) is 29.4 Å². The van der Waals surface area contributed by atoms with Crippen LogP contribution < -0.4 is 10.5 Å². The average Bonchev–Trinajstić information content (AvgIpc) is 3.45. The summed E-state index contributed by atoms with van der Waals surface area (Å²) in [4.78, 5) is 12.3. The number of rotatable bonds is 6. The predicted molar refractivity (Wildman–Crippen MR) is 130 cm³/mol. The third-order valence-electron chi connectivity index (χ3n) is 6.36. The highest BCUT2D eigenvalue weighted by Gasteiger charge is 2.29. The summed E-state index contributed by atoms with van der Waals surface area (Å²) in [5, 5.41) is 0. The zero-order valence-corrected chi connectivity index (χ0v) is 21.1. The van der Waals surface area contributed by atoms with Crippen molar-refractivity contribution in [3.63, 3.8) is 0 Å². The lowest BCUT2D eigenvalue weighted by molar-refractivity contribution is 0.356. The smallest absolute Gasteiger partial charge is 0.312 e. The molecule has 2 aliphatic rings. The maximum absolute atomic E-state index is 14.0. The number of hydrogen-bond acceptors (Lipinski definition) is 7. The van der Waals surface area contributed by atoms with Crippen LogP contribution >= 0.6 is 22.6 Å². The minimum absolute atomic E-state index is 0.0127. The van der Waals surface area contributed by atoms with Crippen molar-refractivity contribution in [1.29, 1.82) is 0 Å². The molecule has 0 spiro atoms. The van der Waals surface area contributed by atoms with Crippen molar-refractivity contribution in [2.24, 2.45) is 5.92 Å². The van der Waals surface area contributed by atoms with Crippen molar-refractivity contribution in [2.45, 2.75) is 32.2 Å². The number of aromatic nitrogens is 4. The summed E-state index contributed by atoms with van der Waals surface area (Å²) in [6.07, 6.45) is 3.28. The molecule has 0 amide bonds. The molecule has 4 heterocycles. The number of ether oxygens (including phenoxy) is 1. The summed E-state index contributed by atoms with van der Waals surface area (Å²) in [6.45, 7) is 2.24. The first-order chi connectivity index (χ1) is 15.7. The number of nitrogen functional groups attached to an aromatic ring is 1. The predicted octanol–water partition coefficient (Wildman–Crippen LogP) is 2.35. The lowest BCUT2D eigenvalue weighted by Gasteiger charge is -2.15. The van der Waals surface area contributed by atoms with Gasteiger partial charge in [0.1, 0.15) is 11.6 Å². The highest BCUT2D eigenvalue weighted by molar-refractivity contribution is 14.1. The Labute approximate surface area is 204 Å². The highest BCUT2D eigenvalue weighted by atomic mass is 127. The first kappa shape index (κ1) is 22.7. The fourth-order valence-corrected chi connectivity index (χ4v) is 6.16. The Balaban J connectivity index is 1.46. The van der Waals surface area contributed by atoms with E-state index >= 15 is 0 Å². The van der Waals surface area contributed by atoms with Gasteiger partial charge in [0, 0.05) is 36.0 Å². The topological polar surface area (TPSA) is 116 Å². The van der Waals surface area contributed by atoms with Crippen LogP contribution in [0.1, 0.15) is 29.8 Å². The second-order valence-corrected chi connectivity index (χ2v) is 11.8. The fraction of sp³-hybridized carbons (Fsp3) is 0.476. The molecular formula is C21H24FIN6O3S. The molecule has 9 nitrogen and oxygen atoms in total. The molecule has 0 saturated carbocycles. The van der Waals surface area contributed by atoms with Crippen molar-refractivity contribution in [1.82, 2.24) is 23.8 Å². The summed E-state index contributed by atoms with van der Waals surface area (Å²) < 4.78 is 47.9. The lowest BCUT2D eigenvalue weighted by atomic mass is 10.0. The minimum atomic E-state index is -3.20. The number of hydrogen-bond donors (Lipinski definition) is 1. The molecule has 5 rings (SSSR count). The van der Waals surface area contributed by atoms with Gasteiger partial charge in [-0.3, -0.25) is 0 Å². The molecule has 0 radical (unpaired) electrons. The molecule has 33 heavy (non-hydrogen) atoms. The molecule has 2 aliphatic heterocycles. The lowest BCUT2D eigenvalue weighted by Crippen LogP contribution is -2.27. The van der Waals surface area contributed by atoms with Crippen molar-refractivity contribution in [2.75, 3.05) is 31.7 Å². The standard InChI is InChI=1S/C21H24FIN6O3S/c1-33(30,31)28-5-2-12(11-28)3-6-29-17(25-18-19(24)26-21(22)27-20(18)29)9-14-8-13-4-7-32-16(13)10-15(14)23/h8,10,12H,2-7,9,11H2,1H3,(H2,24,26,27). The summed E-state index contributed by atoms with van der Waals surface area (Å²) in [5.74, 6) is 1.88. The highest BCUT2D eigenvalue weighted by Crippen LogP contribution is 2.32. The molecule has 1 aromatic carbocycles. The van der Waals surface area contributed by atoms with Gasteiger partial charge in [-0.2, -0.15) is 14.4 Å². The minimum Gasteiger partial charge on any atom is -0.493 e. The van der Waals surface area contributed by atoms with E-state index in [-0.39, 0.29) is 11.7 Å². The maximum atomic E-state index is 14.0. The van der Waals surface area contributed by atoms with Gasteiger partial charge in [0.25, 0.3) is 0 Å². The van der Waals surface area contributed by atoms with Crippen LogP contribution in [0, 0.1) is 15.6 Å². The number of halogens is 2. The fourth-order valence-electron chi connectivity index (χ4n) is 4.61. The quantitative estimate of drug-likeness (QED) is 0.348. The van der Waals surface area contributed by atoms with Crippen LogP contribution in [0.25, 0.3) is 11.2 Å². The Bertz CT molecular complexity index is 1350. The van der Waals surface area contributed by atoms with Gasteiger partial charge in [0.15, 0.2) is 17.0 Å². The number of imidazole rings is 1. The molecule has 3 aromatic rings. The normalized spacial score (nSPS) is 18.7. The van der Waals surface area contributed by atoms with Crippen LogP contribution in [0.4, 0.5) is 10.2 Å². The van der Waals surface area contributed by atoms with E-state index < -0.39 is 16.1 Å². The second kappa shape index (κ2) is 8.62. The molecular weight excluding hydrogens is 562 g/mol. The first-order valence-electron chi connectivity index (χ1n) is 10.8. The molecule has 1 unspecified atom stereocenters. The molecule has 2 N–H and O–H groups in total. The number of fused-ring (bicyclic) bond motifs is 2. The Hall–Kier alpha value is -2.06. The number of nitrogens with two attached hydrogens (primary N) is 1. The Morgan fingerprint density at radius 3 is 2.88 bits per heavy atom. The molecule has 176 valence electrons. The van der Waals surface area contributed by atoms with E-state index in [1.54, 1.807) is 0 Å². The zero-order chi connectivity index (χ0) is 23.3. The van der Waals surface area contributed by atoms with Gasteiger partial charge in [-0.15, -0.1) is 0 Å². The van der Waals surface area contributed by atoms with Gasteiger partial charge < -0.3 is 15.0 Å². The molecule has 12 heteroatoms. The van der Waals surface area contributed by atoms with Gasteiger partial charge in [0.2, 0.25) is 10.0 Å². The monoisotopic (exact) mass is 586 g/mol. The molecule has 0 aliphatic carbocycles. The van der Waals surface area contributed by atoms with E-state index in [9.17, 15) is 12.8 Å². The van der Waals surface area contributed by atoms with Gasteiger partial charge >= 0.3 is 6.08 Å². The van der Waals surface area contributed by atoms with Crippen LogP contribution in [0.3, 0.4) is 0 Å². The van der Waals surface area contributed by atoms with Crippen LogP contribution in [-0.4, -0.2) is 58.2 Å². The number of sulfonamides is 1. The van der Waals surface area contributed by atoms with Crippen LogP contribution in [0.5, 0.6) is 5.75 Å². The van der Waals surface area contributed by atoms with Gasteiger partial charge in [-0.1, -0.05) is 6.07 Å². The van der Waals surface area contributed by atoms with Gasteiger partial charge in [-0.25, -0.2) is 17.7 Å². The van der Waals surface area contributed by atoms with Crippen LogP contribution in [0.15, 0.2) is 12.1 Å². The Morgan fingerprint density at radius 2 is 2.12 bits per heavy atom. The van der Waals surface area contributed by atoms with Crippen molar-refractivity contribution in [3.05, 3.63) is 38.7 Å². The number of aryl methyl sites for hydroxylation is 1. The van der Waals surface area contributed by atoms with E-state index in [0.717, 1.165) is 40.0 Å². The van der Waals surface area contributed by atoms with E-state index in [1.807, 2.05) is 10.6 Å². The number of nitrogens with zero attached hydrogens (tertiary/aromatic N) is 5. The summed E-state index contributed by atoms with van der Waals surface area (Å²) in [6, 6.07) is 4.18. The SMILES string of the molecule is CS(=O)(=O)N1CCC(CCn2c(Cc3cc4c(cc3I)OCC4)nc3c(N)nc(F)nc32)C1. The van der Waals surface area contributed by atoms with E-state index in [4.69, 9.17) is 10.5 Å². The van der Waals surface area contributed by atoms with Gasteiger partial charge in [-0.05, 0) is 58.5 Å². The zero-order valence-electron chi connectivity index (χ0n) is 18.1. The third kappa shape index (κ3) is 4.52. The molecule has 0 bridgehead atoms. The van der Waals surface area contributed by atoms with Crippen molar-refractivity contribution >= 4 is 49.6 Å². The van der Waals surface area contributed by atoms with Crippen molar-refractivity contribution < 1.29 is 17.5 Å². The second-order valence-electron chi connectivity index (χ2n) is 8.62. The first-order valence-corrected chi connectivity index (χ1v) is 13.7. The van der Waals surface area contributed by atoms with E-state index in [2.05, 4.69) is 43.6 Å². The summed E-state index contributed by atoms with van der Waals surface area (Å²) in [5.41, 5.74) is 8.99. The number of anilines is 1. The largest absolute Gasteiger partial charge is 0.493 e. The molecule has 2 aromatic heterocycles. The van der Waals surface area contributed by atoms with Crippen molar-refractivity contribution in [3.8, 4) is 5.75 Å². The molecule has 1 fully saturated rings. The summed E-state index contributed by atoms with van der Waals surface area (Å²) in [7, 11) is -3.20. The van der Waals surface area contributed by atoms with E-state index in [1.165, 1.54) is 16.1 Å². The summed E-state index contributed by atoms with van der Waals surface area (Å²) >= 11 is 2.29. The Morgan fingerprint density at radius 1 is 1.30 bits per heavy atom. The maximum Gasteiger partial charge on any atom is 0.312 e. The third-order valence-corrected chi connectivity index (χ3v) is 8.63. The van der Waals surface area contributed by atoms with Gasteiger partial charge in [0.05, 0.1) is 12.9 Å².